The van der Waals surface area contributed by atoms with Crippen molar-refractivity contribution >= 4 is 23.6 Å². The summed E-state index contributed by atoms with van der Waals surface area (Å²) in [6.07, 6.45) is 1.25. The highest BCUT2D eigenvalue weighted by Crippen LogP contribution is 2.29. The van der Waals surface area contributed by atoms with Crippen LogP contribution in [0.3, 0.4) is 0 Å². The van der Waals surface area contributed by atoms with Crippen LogP contribution in [0.4, 0.5) is 10.1 Å². The minimum Gasteiger partial charge on any atom is -0.490 e. The second-order valence-electron chi connectivity index (χ2n) is 5.00. The van der Waals surface area contributed by atoms with Crippen LogP contribution in [0.1, 0.15) is 11.1 Å². The van der Waals surface area contributed by atoms with Gasteiger partial charge < -0.3 is 9.47 Å². The number of esters is 1. The van der Waals surface area contributed by atoms with Gasteiger partial charge in [0.05, 0.1) is 12.0 Å². The van der Waals surface area contributed by atoms with Crippen LogP contribution in [0.2, 0.25) is 0 Å². The van der Waals surface area contributed by atoms with Gasteiger partial charge in [-0.1, -0.05) is 18.2 Å². The molecule has 0 atom stereocenters. The summed E-state index contributed by atoms with van der Waals surface area (Å²) in [5, 5.41) is 11.1. The average molecular weight is 342 g/mol. The zero-order valence-corrected chi connectivity index (χ0v) is 12.9. The molecule has 0 amide bonds. The van der Waals surface area contributed by atoms with E-state index in [0.717, 1.165) is 0 Å². The molecule has 7 nitrogen and oxygen atoms in total. The lowest BCUT2D eigenvalue weighted by Gasteiger charge is -2.03. The maximum absolute atomic E-state index is 13.7. The lowest BCUT2D eigenvalue weighted by Crippen LogP contribution is -2.06. The predicted octanol–water partition coefficient (Wildman–Crippen LogP) is 3.09. The lowest BCUT2D eigenvalue weighted by molar-refractivity contribution is -0.385. The van der Waals surface area contributed by atoms with E-state index in [9.17, 15) is 19.3 Å². The molecule has 0 saturated carbocycles. The Morgan fingerprint density at radius 3 is 2.72 bits per heavy atom. The molecule has 0 fully saturated rings. The van der Waals surface area contributed by atoms with E-state index < -0.39 is 16.7 Å². The monoisotopic (exact) mass is 342 g/mol. The van der Waals surface area contributed by atoms with Crippen molar-refractivity contribution in [1.82, 2.24) is 0 Å². The van der Waals surface area contributed by atoms with Crippen LogP contribution in [-0.2, 0) is 9.53 Å². The summed E-state index contributed by atoms with van der Waals surface area (Å²) in [6, 6.07) is 9.93. The van der Waals surface area contributed by atoms with Gasteiger partial charge in [-0.3, -0.25) is 10.1 Å². The number of carbonyl (C=O) groups excluding carboxylic acids is 1. The Morgan fingerprint density at radius 1 is 1.28 bits per heavy atom. The molecule has 0 bridgehead atoms. The normalized spacial score (nSPS) is 15.0. The summed E-state index contributed by atoms with van der Waals surface area (Å²) < 4.78 is 23.6. The number of nitrogens with zero attached hydrogens (tertiary/aromatic N) is 2. The Labute approximate surface area is 141 Å². The fraction of sp³-hybridized carbons (Fsp3) is 0.0588. The molecule has 0 aliphatic carbocycles. The molecular formula is C17H11FN2O5. The smallest absolute Gasteiger partial charge is 0.363 e. The van der Waals surface area contributed by atoms with Gasteiger partial charge in [-0.05, 0) is 24.3 Å². The van der Waals surface area contributed by atoms with Crippen molar-refractivity contribution < 1.29 is 23.6 Å². The topological polar surface area (TPSA) is 91.0 Å². The van der Waals surface area contributed by atoms with Crippen LogP contribution in [-0.4, -0.2) is 23.9 Å². The van der Waals surface area contributed by atoms with Crippen molar-refractivity contribution in [2.45, 2.75) is 0 Å². The van der Waals surface area contributed by atoms with Gasteiger partial charge in [0, 0.05) is 17.2 Å². The number of ether oxygens (including phenoxy) is 2. The first-order valence-electron chi connectivity index (χ1n) is 7.09. The SMILES string of the molecule is COc1ccc(C2=N/C(=C/c3ccccc3F)C(=O)O2)cc1[N+](=O)[O-]. The molecule has 126 valence electrons. The first-order chi connectivity index (χ1) is 12.0. The Hall–Kier alpha value is -3.55. The second-order valence-corrected chi connectivity index (χ2v) is 5.00. The van der Waals surface area contributed by atoms with Crippen molar-refractivity contribution in [3.8, 4) is 5.75 Å². The molecular weight excluding hydrogens is 331 g/mol. The summed E-state index contributed by atoms with van der Waals surface area (Å²) >= 11 is 0. The fourth-order valence-electron chi connectivity index (χ4n) is 2.24. The third-order valence-electron chi connectivity index (χ3n) is 3.44. The van der Waals surface area contributed by atoms with Crippen molar-refractivity contribution in [3.63, 3.8) is 0 Å². The van der Waals surface area contributed by atoms with Gasteiger partial charge >= 0.3 is 11.7 Å². The Balaban J connectivity index is 1.99. The number of carbonyl (C=O) groups is 1. The number of nitro groups is 1. The fourth-order valence-corrected chi connectivity index (χ4v) is 2.24. The minimum atomic E-state index is -0.767. The molecule has 0 spiro atoms. The largest absolute Gasteiger partial charge is 0.490 e. The number of hydrogen-bond acceptors (Lipinski definition) is 6. The number of rotatable bonds is 4. The number of halogens is 1. The number of cyclic esters (lactones) is 1. The standard InChI is InChI=1S/C17H11FN2O5/c1-24-15-7-6-11(9-14(15)20(22)23)16-19-13(17(21)25-16)8-10-4-2-3-5-12(10)18/h2-9H,1H3/b13-8+. The molecule has 25 heavy (non-hydrogen) atoms. The van der Waals surface area contributed by atoms with Gasteiger partial charge in [-0.2, -0.15) is 0 Å². The molecule has 1 aliphatic rings. The Bertz CT molecular complexity index is 936. The van der Waals surface area contributed by atoms with Gasteiger partial charge in [-0.25, -0.2) is 14.2 Å². The number of benzene rings is 2. The minimum absolute atomic E-state index is 0.0702. The van der Waals surface area contributed by atoms with Crippen LogP contribution in [0.25, 0.3) is 6.08 Å². The quantitative estimate of drug-likeness (QED) is 0.368. The number of hydrogen-bond donors (Lipinski definition) is 0. The molecule has 1 aliphatic heterocycles. The van der Waals surface area contributed by atoms with E-state index in [1.165, 1.54) is 49.6 Å². The van der Waals surface area contributed by atoms with Crippen LogP contribution in [0.5, 0.6) is 5.75 Å². The van der Waals surface area contributed by atoms with Crippen molar-refractivity contribution in [3.05, 3.63) is 75.2 Å². The van der Waals surface area contributed by atoms with Gasteiger partial charge in [0.2, 0.25) is 5.90 Å². The van der Waals surface area contributed by atoms with Crippen LogP contribution >= 0.6 is 0 Å². The number of methoxy groups -OCH3 is 1. The van der Waals surface area contributed by atoms with E-state index in [1.54, 1.807) is 6.07 Å². The first-order valence-corrected chi connectivity index (χ1v) is 7.09. The summed E-state index contributed by atoms with van der Waals surface area (Å²) in [5.74, 6) is -1.30. The van der Waals surface area contributed by atoms with E-state index >= 15 is 0 Å². The highest BCUT2D eigenvalue weighted by molar-refractivity contribution is 6.13. The van der Waals surface area contributed by atoms with Crippen LogP contribution in [0.15, 0.2) is 53.2 Å². The van der Waals surface area contributed by atoms with Crippen molar-refractivity contribution in [2.75, 3.05) is 7.11 Å². The molecule has 1 heterocycles. The molecule has 0 N–H and O–H groups in total. The van der Waals surface area contributed by atoms with E-state index in [4.69, 9.17) is 9.47 Å². The van der Waals surface area contributed by atoms with E-state index in [0.29, 0.717) is 0 Å². The first kappa shape index (κ1) is 16.3. The molecule has 8 heteroatoms. The maximum Gasteiger partial charge on any atom is 0.363 e. The van der Waals surface area contributed by atoms with Crippen LogP contribution in [0, 0.1) is 15.9 Å². The van der Waals surface area contributed by atoms with Crippen LogP contribution < -0.4 is 4.74 Å². The number of nitro benzene ring substituents is 1. The molecule has 0 aromatic heterocycles. The zero-order chi connectivity index (χ0) is 18.0. The molecule has 0 radical (unpaired) electrons. The Morgan fingerprint density at radius 2 is 2.04 bits per heavy atom. The van der Waals surface area contributed by atoms with E-state index in [1.807, 2.05) is 0 Å². The summed E-state index contributed by atoms with van der Waals surface area (Å²) in [7, 11) is 1.31. The Kier molecular flexibility index (Phi) is 4.25. The predicted molar refractivity (Wildman–Crippen MR) is 86.7 cm³/mol. The number of aliphatic imine (C=N–C) groups is 1. The second kappa shape index (κ2) is 6.52. The summed E-state index contributed by atoms with van der Waals surface area (Å²) in [4.78, 5) is 26.4. The zero-order valence-electron chi connectivity index (χ0n) is 12.9. The van der Waals surface area contributed by atoms with Gasteiger partial charge in [0.15, 0.2) is 11.4 Å². The van der Waals surface area contributed by atoms with Crippen molar-refractivity contribution in [2.24, 2.45) is 4.99 Å². The summed E-state index contributed by atoms with van der Waals surface area (Å²) in [5.41, 5.74) is 0.0294. The molecule has 0 unspecified atom stereocenters. The maximum atomic E-state index is 13.7. The van der Waals surface area contributed by atoms with E-state index in [2.05, 4.69) is 4.99 Å². The highest BCUT2D eigenvalue weighted by atomic mass is 19.1. The van der Waals surface area contributed by atoms with Crippen molar-refractivity contribution in [1.29, 1.82) is 0 Å². The average Bonchev–Trinajstić information content (AvgIpc) is 2.97. The van der Waals surface area contributed by atoms with Gasteiger partial charge in [-0.15, -0.1) is 0 Å². The molecule has 2 aromatic carbocycles. The summed E-state index contributed by atoms with van der Waals surface area (Å²) in [6.45, 7) is 0. The third-order valence-corrected chi connectivity index (χ3v) is 3.44. The molecule has 3 rings (SSSR count). The van der Waals surface area contributed by atoms with E-state index in [-0.39, 0.29) is 34.2 Å². The molecule has 0 saturated heterocycles. The highest BCUT2D eigenvalue weighted by Gasteiger charge is 2.26. The molecule has 2 aromatic rings. The lowest BCUT2D eigenvalue weighted by atomic mass is 10.2. The third kappa shape index (κ3) is 3.23. The van der Waals surface area contributed by atoms with Gasteiger partial charge in [0.1, 0.15) is 5.82 Å². The van der Waals surface area contributed by atoms with Gasteiger partial charge in [0.25, 0.3) is 0 Å².